The normalized spacial score (nSPS) is 13.3. The molecule has 0 N–H and O–H groups in total. The molecule has 0 atom stereocenters. The number of fused-ring (bicyclic) bond motifs is 1. The molecule has 7 nitrogen and oxygen atoms in total. The Labute approximate surface area is 190 Å². The summed E-state index contributed by atoms with van der Waals surface area (Å²) in [6.07, 6.45) is 1.67. The molecule has 1 heterocycles. The molecule has 1 aliphatic heterocycles. The summed E-state index contributed by atoms with van der Waals surface area (Å²) in [6, 6.07) is 18.3. The second-order valence-electron chi connectivity index (χ2n) is 7.21. The molecular formula is C26H20O7. The van der Waals surface area contributed by atoms with Crippen LogP contribution in [0.4, 0.5) is 0 Å². The maximum Gasteiger partial charge on any atom is 0.337 e. The molecule has 0 bridgehead atoms. The van der Waals surface area contributed by atoms with Gasteiger partial charge in [0.05, 0.1) is 31.8 Å². The van der Waals surface area contributed by atoms with Crippen LogP contribution in [0.2, 0.25) is 0 Å². The van der Waals surface area contributed by atoms with Gasteiger partial charge in [0.2, 0.25) is 5.78 Å². The molecule has 166 valence electrons. The van der Waals surface area contributed by atoms with E-state index < -0.39 is 11.9 Å². The first kappa shape index (κ1) is 21.8. The lowest BCUT2D eigenvalue weighted by atomic mass is 10.1. The van der Waals surface area contributed by atoms with Crippen LogP contribution in [-0.2, 0) is 16.0 Å². The molecule has 0 saturated heterocycles. The first-order chi connectivity index (χ1) is 16.0. The molecule has 0 spiro atoms. The first-order valence-corrected chi connectivity index (χ1v) is 10.1. The summed E-state index contributed by atoms with van der Waals surface area (Å²) >= 11 is 0. The standard InChI is InChI=1S/C26H20O7/c1-30-19-9-5-17(6-10-19)14-24(27)32-20-11-12-21-22(15-20)33-23(25(21)28)13-16-3-7-18(8-4-16)26(29)31-2/h3-13,15H,14H2,1-2H3/b23-13-. The second-order valence-corrected chi connectivity index (χ2v) is 7.21. The smallest absolute Gasteiger partial charge is 0.337 e. The largest absolute Gasteiger partial charge is 0.497 e. The van der Waals surface area contributed by atoms with E-state index in [-0.39, 0.29) is 23.7 Å². The van der Waals surface area contributed by atoms with Crippen molar-refractivity contribution in [2.24, 2.45) is 0 Å². The van der Waals surface area contributed by atoms with Gasteiger partial charge in [-0.3, -0.25) is 9.59 Å². The number of hydrogen-bond donors (Lipinski definition) is 0. The van der Waals surface area contributed by atoms with Crippen LogP contribution in [0.1, 0.15) is 31.8 Å². The summed E-state index contributed by atoms with van der Waals surface area (Å²) < 4.78 is 20.9. The van der Waals surface area contributed by atoms with Gasteiger partial charge in [-0.25, -0.2) is 4.79 Å². The quantitative estimate of drug-likeness (QED) is 0.319. The average molecular weight is 444 g/mol. The van der Waals surface area contributed by atoms with Crippen LogP contribution in [0.15, 0.2) is 72.5 Å². The summed E-state index contributed by atoms with van der Waals surface area (Å²) in [7, 11) is 2.89. The fourth-order valence-corrected chi connectivity index (χ4v) is 3.29. The molecular weight excluding hydrogens is 424 g/mol. The van der Waals surface area contributed by atoms with Crippen molar-refractivity contribution < 1.29 is 33.3 Å². The van der Waals surface area contributed by atoms with E-state index in [1.807, 2.05) is 0 Å². The highest BCUT2D eigenvalue weighted by Crippen LogP contribution is 2.35. The van der Waals surface area contributed by atoms with Crippen molar-refractivity contribution in [2.45, 2.75) is 6.42 Å². The van der Waals surface area contributed by atoms with E-state index in [1.54, 1.807) is 73.8 Å². The average Bonchev–Trinajstić information content (AvgIpc) is 3.13. The van der Waals surface area contributed by atoms with Gasteiger partial charge in [0.1, 0.15) is 17.2 Å². The molecule has 3 aromatic rings. The first-order valence-electron chi connectivity index (χ1n) is 10.1. The number of ether oxygens (including phenoxy) is 4. The van der Waals surface area contributed by atoms with Gasteiger partial charge in [-0.1, -0.05) is 24.3 Å². The number of esters is 2. The number of hydrogen-bond acceptors (Lipinski definition) is 7. The zero-order chi connectivity index (χ0) is 23.4. The van der Waals surface area contributed by atoms with Crippen LogP contribution in [0.5, 0.6) is 17.2 Å². The maximum absolute atomic E-state index is 12.7. The number of carbonyl (C=O) groups excluding carboxylic acids is 3. The molecule has 1 aliphatic rings. The molecule has 0 saturated carbocycles. The summed E-state index contributed by atoms with van der Waals surface area (Å²) in [5, 5.41) is 0. The lowest BCUT2D eigenvalue weighted by Gasteiger charge is -2.06. The van der Waals surface area contributed by atoms with Crippen molar-refractivity contribution in [3.05, 3.63) is 94.7 Å². The Morgan fingerprint density at radius 2 is 1.61 bits per heavy atom. The molecule has 0 radical (unpaired) electrons. The summed E-state index contributed by atoms with van der Waals surface area (Å²) in [6.45, 7) is 0. The predicted octanol–water partition coefficient (Wildman–Crippen LogP) is 4.25. The van der Waals surface area contributed by atoms with E-state index in [0.29, 0.717) is 28.2 Å². The van der Waals surface area contributed by atoms with Crippen LogP contribution >= 0.6 is 0 Å². The van der Waals surface area contributed by atoms with E-state index in [4.69, 9.17) is 14.2 Å². The van der Waals surface area contributed by atoms with Crippen molar-refractivity contribution in [1.29, 1.82) is 0 Å². The molecule has 0 unspecified atom stereocenters. The van der Waals surface area contributed by atoms with Gasteiger partial charge in [-0.05, 0) is 53.6 Å². The third-order valence-corrected chi connectivity index (χ3v) is 5.01. The fraction of sp³-hybridized carbons (Fsp3) is 0.115. The maximum atomic E-state index is 12.7. The Balaban J connectivity index is 1.44. The minimum atomic E-state index is -0.441. The number of carbonyl (C=O) groups is 3. The highest BCUT2D eigenvalue weighted by Gasteiger charge is 2.28. The Hall–Kier alpha value is -4.39. The summed E-state index contributed by atoms with van der Waals surface area (Å²) in [4.78, 5) is 36.5. The molecule has 0 amide bonds. The number of allylic oxidation sites excluding steroid dienone is 1. The highest BCUT2D eigenvalue weighted by atomic mass is 16.5. The van der Waals surface area contributed by atoms with Crippen molar-refractivity contribution in [3.63, 3.8) is 0 Å². The highest BCUT2D eigenvalue weighted by molar-refractivity contribution is 6.14. The van der Waals surface area contributed by atoms with Crippen LogP contribution in [0.3, 0.4) is 0 Å². The number of Topliss-reactive ketones (excluding diaryl/α,β-unsaturated/α-hetero) is 1. The lowest BCUT2D eigenvalue weighted by Crippen LogP contribution is -2.11. The molecule has 7 heteroatoms. The van der Waals surface area contributed by atoms with E-state index >= 15 is 0 Å². The van der Waals surface area contributed by atoms with Crippen molar-refractivity contribution in [2.75, 3.05) is 14.2 Å². The van der Waals surface area contributed by atoms with Gasteiger partial charge in [0.25, 0.3) is 0 Å². The molecule has 3 aromatic carbocycles. The molecule has 0 aromatic heterocycles. The Kier molecular flexibility index (Phi) is 6.22. The fourth-order valence-electron chi connectivity index (χ4n) is 3.29. The third-order valence-electron chi connectivity index (χ3n) is 5.01. The molecule has 4 rings (SSSR count). The number of benzene rings is 3. The molecule has 33 heavy (non-hydrogen) atoms. The zero-order valence-corrected chi connectivity index (χ0v) is 18.0. The van der Waals surface area contributed by atoms with Crippen LogP contribution in [0.25, 0.3) is 6.08 Å². The van der Waals surface area contributed by atoms with Gasteiger partial charge < -0.3 is 18.9 Å². The Morgan fingerprint density at radius 1 is 0.909 bits per heavy atom. The van der Waals surface area contributed by atoms with Crippen LogP contribution in [0, 0.1) is 0 Å². The van der Waals surface area contributed by atoms with Crippen LogP contribution < -0.4 is 14.2 Å². The lowest BCUT2D eigenvalue weighted by molar-refractivity contribution is -0.133. The van der Waals surface area contributed by atoms with Crippen molar-refractivity contribution in [3.8, 4) is 17.2 Å². The molecule has 0 fully saturated rings. The topological polar surface area (TPSA) is 88.1 Å². The monoisotopic (exact) mass is 444 g/mol. The van der Waals surface area contributed by atoms with E-state index in [2.05, 4.69) is 4.74 Å². The van der Waals surface area contributed by atoms with Gasteiger partial charge in [0, 0.05) is 6.07 Å². The summed E-state index contributed by atoms with van der Waals surface area (Å²) in [5.74, 6) is 0.275. The Bertz CT molecular complexity index is 1240. The second kappa shape index (κ2) is 9.40. The number of rotatable bonds is 6. The zero-order valence-electron chi connectivity index (χ0n) is 18.0. The van der Waals surface area contributed by atoms with Gasteiger partial charge in [0.15, 0.2) is 5.76 Å². The van der Waals surface area contributed by atoms with Crippen molar-refractivity contribution in [1.82, 2.24) is 0 Å². The van der Waals surface area contributed by atoms with Gasteiger partial charge in [-0.15, -0.1) is 0 Å². The predicted molar refractivity (Wildman–Crippen MR) is 119 cm³/mol. The summed E-state index contributed by atoms with van der Waals surface area (Å²) in [5.41, 5.74) is 2.26. The van der Waals surface area contributed by atoms with Gasteiger partial charge >= 0.3 is 11.9 Å². The minimum absolute atomic E-state index is 0.0909. The minimum Gasteiger partial charge on any atom is -0.497 e. The van der Waals surface area contributed by atoms with E-state index in [1.165, 1.54) is 13.2 Å². The number of ketones is 1. The van der Waals surface area contributed by atoms with Crippen molar-refractivity contribution >= 4 is 23.8 Å². The van der Waals surface area contributed by atoms with E-state index in [0.717, 1.165) is 5.56 Å². The van der Waals surface area contributed by atoms with Crippen LogP contribution in [-0.4, -0.2) is 31.9 Å². The van der Waals surface area contributed by atoms with E-state index in [9.17, 15) is 14.4 Å². The molecule has 0 aliphatic carbocycles. The Morgan fingerprint density at radius 3 is 2.27 bits per heavy atom. The van der Waals surface area contributed by atoms with Gasteiger partial charge in [-0.2, -0.15) is 0 Å². The third kappa shape index (κ3) is 4.93. The number of methoxy groups -OCH3 is 2. The SMILES string of the molecule is COC(=O)c1ccc(/C=C2\Oc3cc(OC(=O)Cc4ccc(OC)cc4)ccc3C2=O)cc1.